The molecule has 35 heavy (non-hydrogen) atoms. The first-order valence-electron chi connectivity index (χ1n) is 11.2. The van der Waals surface area contributed by atoms with E-state index in [1.165, 1.54) is 19.1 Å². The Balaban J connectivity index is 1.52. The molecule has 2 unspecified atom stereocenters. The van der Waals surface area contributed by atoms with E-state index < -0.39 is 17.7 Å². The molecule has 0 aliphatic rings. The van der Waals surface area contributed by atoms with Crippen LogP contribution >= 0.6 is 0 Å². The summed E-state index contributed by atoms with van der Waals surface area (Å²) >= 11 is 0. The molecule has 4 N–H and O–H groups in total. The molecule has 8 nitrogen and oxygen atoms in total. The maximum atomic E-state index is 11.2. The Bertz CT molecular complexity index is 1410. The maximum absolute atomic E-state index is 11.2. The van der Waals surface area contributed by atoms with Crippen LogP contribution < -0.4 is 9.47 Å². The van der Waals surface area contributed by atoms with Gasteiger partial charge < -0.3 is 29.8 Å². The molecule has 0 radical (unpaired) electrons. The Hall–Kier alpha value is -4.04. The van der Waals surface area contributed by atoms with Gasteiger partial charge in [-0.05, 0) is 87.2 Å². The predicted molar refractivity (Wildman–Crippen MR) is 131 cm³/mol. The first-order valence-corrected chi connectivity index (χ1v) is 11.2. The standard InChI is InChI=1S/C27H28N2O6/c1-14-12-23(15(2)16(3)24(14)30)35-20-10-11-21-22(13-20)29-25(28-21)17(4)34-19-8-6-18(7-9-19)27(5,33)26(31)32/h6-13,17,30,33H,1-5H3,(H,28,29)(H,31,32). The minimum absolute atomic E-state index is 0.260. The van der Waals surface area contributed by atoms with Gasteiger partial charge in [-0.15, -0.1) is 0 Å². The lowest BCUT2D eigenvalue weighted by molar-refractivity contribution is -0.157. The van der Waals surface area contributed by atoms with Gasteiger partial charge >= 0.3 is 5.97 Å². The lowest BCUT2D eigenvalue weighted by Crippen LogP contribution is -2.31. The van der Waals surface area contributed by atoms with Crippen LogP contribution in [0.2, 0.25) is 0 Å². The second-order valence-electron chi connectivity index (χ2n) is 8.86. The highest BCUT2D eigenvalue weighted by Crippen LogP contribution is 2.35. The number of aliphatic carboxylic acids is 1. The molecule has 182 valence electrons. The molecule has 2 atom stereocenters. The molecule has 1 aromatic heterocycles. The average Bonchev–Trinajstić information content (AvgIpc) is 3.25. The summed E-state index contributed by atoms with van der Waals surface area (Å²) in [5, 5.41) is 29.4. The van der Waals surface area contributed by atoms with Gasteiger partial charge in [-0.3, -0.25) is 0 Å². The largest absolute Gasteiger partial charge is 0.507 e. The first kappa shape index (κ1) is 24.1. The molecule has 1 heterocycles. The topological polar surface area (TPSA) is 125 Å². The molecule has 0 aliphatic carbocycles. The van der Waals surface area contributed by atoms with Crippen LogP contribution in [0.25, 0.3) is 11.0 Å². The molecule has 0 amide bonds. The number of imidazole rings is 1. The number of aryl methyl sites for hydroxylation is 1. The number of benzene rings is 3. The number of carboxylic acid groups (broad SMARTS) is 1. The number of aromatic hydroxyl groups is 1. The number of aromatic nitrogens is 2. The zero-order valence-corrected chi connectivity index (χ0v) is 20.2. The lowest BCUT2D eigenvalue weighted by Gasteiger charge is -2.19. The third-order valence-corrected chi connectivity index (χ3v) is 6.24. The predicted octanol–water partition coefficient (Wildman–Crippen LogP) is 5.42. The number of nitrogens with zero attached hydrogens (tertiary/aromatic N) is 1. The van der Waals surface area contributed by atoms with E-state index in [2.05, 4.69) is 9.97 Å². The van der Waals surface area contributed by atoms with Crippen LogP contribution in [0.3, 0.4) is 0 Å². The lowest BCUT2D eigenvalue weighted by atomic mass is 9.96. The number of fused-ring (bicyclic) bond motifs is 1. The van der Waals surface area contributed by atoms with Crippen LogP contribution in [0.15, 0.2) is 48.5 Å². The highest BCUT2D eigenvalue weighted by atomic mass is 16.5. The summed E-state index contributed by atoms with van der Waals surface area (Å²) < 4.78 is 12.1. The number of ether oxygens (including phenoxy) is 2. The summed E-state index contributed by atoms with van der Waals surface area (Å²) in [7, 11) is 0. The van der Waals surface area contributed by atoms with E-state index in [1.807, 2.05) is 52.0 Å². The van der Waals surface area contributed by atoms with Gasteiger partial charge in [0.15, 0.2) is 11.7 Å². The Labute approximate surface area is 202 Å². The van der Waals surface area contributed by atoms with E-state index in [1.54, 1.807) is 12.1 Å². The number of nitrogens with one attached hydrogen (secondary N) is 1. The number of rotatable bonds is 7. The van der Waals surface area contributed by atoms with Gasteiger partial charge in [-0.2, -0.15) is 0 Å². The quantitative estimate of drug-likeness (QED) is 0.281. The van der Waals surface area contributed by atoms with Gasteiger partial charge in [0.05, 0.1) is 11.0 Å². The second-order valence-corrected chi connectivity index (χ2v) is 8.86. The van der Waals surface area contributed by atoms with Crippen molar-refractivity contribution in [1.29, 1.82) is 0 Å². The van der Waals surface area contributed by atoms with Gasteiger partial charge in [0.2, 0.25) is 0 Å². The van der Waals surface area contributed by atoms with Crippen molar-refractivity contribution < 1.29 is 29.6 Å². The molecule has 4 aromatic rings. The molecule has 3 aromatic carbocycles. The van der Waals surface area contributed by atoms with E-state index >= 15 is 0 Å². The van der Waals surface area contributed by atoms with Crippen LogP contribution in [-0.4, -0.2) is 31.3 Å². The molecule has 0 saturated heterocycles. The highest BCUT2D eigenvalue weighted by Gasteiger charge is 2.32. The summed E-state index contributed by atoms with van der Waals surface area (Å²) in [4.78, 5) is 19.1. The summed E-state index contributed by atoms with van der Waals surface area (Å²) in [6.07, 6.45) is -0.415. The number of hydrogen-bond donors (Lipinski definition) is 4. The van der Waals surface area contributed by atoms with Crippen molar-refractivity contribution in [3.63, 3.8) is 0 Å². The highest BCUT2D eigenvalue weighted by molar-refractivity contribution is 5.78. The van der Waals surface area contributed by atoms with Crippen LogP contribution in [0.5, 0.6) is 23.0 Å². The fourth-order valence-corrected chi connectivity index (χ4v) is 3.77. The van der Waals surface area contributed by atoms with Crippen LogP contribution in [0, 0.1) is 20.8 Å². The van der Waals surface area contributed by atoms with Crippen molar-refractivity contribution in [1.82, 2.24) is 9.97 Å². The number of phenolic OH excluding ortho intramolecular Hbond substituents is 1. The zero-order chi connectivity index (χ0) is 25.5. The van der Waals surface area contributed by atoms with Crippen molar-refractivity contribution >= 4 is 17.0 Å². The van der Waals surface area contributed by atoms with Gasteiger partial charge in [0.1, 0.15) is 28.8 Å². The van der Waals surface area contributed by atoms with E-state index in [4.69, 9.17) is 14.6 Å². The normalized spacial score (nSPS) is 13.9. The number of hydrogen-bond acceptors (Lipinski definition) is 6. The molecule has 0 aliphatic heterocycles. The van der Waals surface area contributed by atoms with Crippen molar-refractivity contribution in [3.05, 3.63) is 76.6 Å². The summed E-state index contributed by atoms with van der Waals surface area (Å²) in [5.41, 5.74) is 2.23. The molecule has 8 heteroatoms. The Morgan fingerprint density at radius 3 is 2.34 bits per heavy atom. The second kappa shape index (κ2) is 8.96. The molecular weight excluding hydrogens is 448 g/mol. The Morgan fingerprint density at radius 2 is 1.69 bits per heavy atom. The Kier molecular flexibility index (Phi) is 6.17. The summed E-state index contributed by atoms with van der Waals surface area (Å²) in [6.45, 7) is 8.68. The fraction of sp³-hybridized carbons (Fsp3) is 0.259. The number of carboxylic acids is 1. The van der Waals surface area contributed by atoms with Crippen LogP contribution in [-0.2, 0) is 10.4 Å². The van der Waals surface area contributed by atoms with Crippen molar-refractivity contribution in [2.75, 3.05) is 0 Å². The van der Waals surface area contributed by atoms with Crippen molar-refractivity contribution in [2.45, 2.75) is 46.3 Å². The first-order chi connectivity index (χ1) is 16.5. The SMILES string of the molecule is Cc1cc(Oc2ccc3nc(C(C)Oc4ccc(C(C)(O)C(=O)O)cc4)[nH]c3c2)c(C)c(C)c1O. The van der Waals surface area contributed by atoms with E-state index in [0.717, 1.165) is 27.7 Å². The summed E-state index contributed by atoms with van der Waals surface area (Å²) in [6, 6.07) is 13.6. The number of H-pyrrole nitrogens is 1. The van der Waals surface area contributed by atoms with Gasteiger partial charge in [-0.25, -0.2) is 9.78 Å². The molecule has 0 saturated carbocycles. The fourth-order valence-electron chi connectivity index (χ4n) is 3.77. The number of phenols is 1. The summed E-state index contributed by atoms with van der Waals surface area (Å²) in [5.74, 6) is 1.40. The van der Waals surface area contributed by atoms with E-state index in [0.29, 0.717) is 23.1 Å². The van der Waals surface area contributed by atoms with E-state index in [-0.39, 0.29) is 11.3 Å². The molecular formula is C27H28N2O6. The maximum Gasteiger partial charge on any atom is 0.340 e. The van der Waals surface area contributed by atoms with Crippen molar-refractivity contribution in [2.24, 2.45) is 0 Å². The third-order valence-electron chi connectivity index (χ3n) is 6.24. The third kappa shape index (κ3) is 4.65. The van der Waals surface area contributed by atoms with Crippen molar-refractivity contribution in [3.8, 4) is 23.0 Å². The number of aliphatic hydroxyl groups is 1. The Morgan fingerprint density at radius 1 is 1.03 bits per heavy atom. The molecule has 0 spiro atoms. The molecule has 4 rings (SSSR count). The zero-order valence-electron chi connectivity index (χ0n) is 20.2. The minimum Gasteiger partial charge on any atom is -0.507 e. The molecule has 0 fully saturated rings. The monoisotopic (exact) mass is 476 g/mol. The molecule has 0 bridgehead atoms. The number of aromatic amines is 1. The van der Waals surface area contributed by atoms with Gasteiger partial charge in [0.25, 0.3) is 0 Å². The van der Waals surface area contributed by atoms with E-state index in [9.17, 15) is 15.0 Å². The number of carbonyl (C=O) groups is 1. The van der Waals surface area contributed by atoms with Crippen LogP contribution in [0.4, 0.5) is 0 Å². The minimum atomic E-state index is -1.97. The average molecular weight is 477 g/mol. The smallest absolute Gasteiger partial charge is 0.340 e. The van der Waals surface area contributed by atoms with Gasteiger partial charge in [0, 0.05) is 6.07 Å². The van der Waals surface area contributed by atoms with Crippen LogP contribution in [0.1, 0.15) is 48.0 Å². The van der Waals surface area contributed by atoms with Gasteiger partial charge in [-0.1, -0.05) is 12.1 Å².